The topological polar surface area (TPSA) is 81.5 Å². The molecule has 0 N–H and O–H groups in total. The number of aromatic nitrogens is 2. The number of aryl methyl sites for hydroxylation is 2. The van der Waals surface area contributed by atoms with Gasteiger partial charge in [0, 0.05) is 37.8 Å². The van der Waals surface area contributed by atoms with Gasteiger partial charge in [-0.15, -0.1) is 0 Å². The number of carbonyl (C=O) groups is 2. The van der Waals surface area contributed by atoms with Crippen molar-refractivity contribution in [2.24, 2.45) is 13.0 Å². The molecule has 1 aromatic heterocycles. The van der Waals surface area contributed by atoms with Crippen LogP contribution < -0.4 is 5.56 Å². The molecule has 0 saturated carbocycles. The minimum Gasteiger partial charge on any atom is -0.466 e. The van der Waals surface area contributed by atoms with E-state index >= 15 is 0 Å². The number of nitrogens with zero attached hydrogens (tertiary/aromatic N) is 3. The van der Waals surface area contributed by atoms with Crippen LogP contribution in [0, 0.1) is 19.8 Å². The van der Waals surface area contributed by atoms with Crippen molar-refractivity contribution in [1.82, 2.24) is 14.5 Å². The minimum atomic E-state index is -0.172. The van der Waals surface area contributed by atoms with Crippen molar-refractivity contribution >= 4 is 23.6 Å². The first-order chi connectivity index (χ1) is 15.3. The van der Waals surface area contributed by atoms with Gasteiger partial charge in [0.05, 0.1) is 18.3 Å². The van der Waals surface area contributed by atoms with Gasteiger partial charge >= 0.3 is 5.97 Å². The molecular formula is C24H31N3O4S. The van der Waals surface area contributed by atoms with Gasteiger partial charge in [-0.3, -0.25) is 19.0 Å². The van der Waals surface area contributed by atoms with E-state index in [1.807, 2.05) is 32.0 Å². The Labute approximate surface area is 193 Å². The third-order valence-electron chi connectivity index (χ3n) is 5.81. The summed E-state index contributed by atoms with van der Waals surface area (Å²) in [5.74, 6) is -0.0960. The lowest BCUT2D eigenvalue weighted by atomic mass is 9.97. The average Bonchev–Trinajstić information content (AvgIpc) is 2.78. The average molecular weight is 458 g/mol. The molecule has 0 atom stereocenters. The van der Waals surface area contributed by atoms with Crippen LogP contribution in [0.15, 0.2) is 34.2 Å². The van der Waals surface area contributed by atoms with E-state index in [9.17, 15) is 14.4 Å². The fraction of sp³-hybridized carbons (Fsp3) is 0.500. The summed E-state index contributed by atoms with van der Waals surface area (Å²) in [4.78, 5) is 43.9. The van der Waals surface area contributed by atoms with Crippen LogP contribution in [0.25, 0.3) is 0 Å². The second-order valence-corrected chi connectivity index (χ2v) is 9.13. The molecular weight excluding hydrogens is 426 g/mol. The molecule has 3 rings (SSSR count). The van der Waals surface area contributed by atoms with Gasteiger partial charge in [-0.05, 0) is 39.2 Å². The first kappa shape index (κ1) is 24.0. The van der Waals surface area contributed by atoms with Crippen molar-refractivity contribution in [1.29, 1.82) is 0 Å². The van der Waals surface area contributed by atoms with Crippen LogP contribution in [0.3, 0.4) is 0 Å². The number of hydrogen-bond donors (Lipinski definition) is 0. The highest BCUT2D eigenvalue weighted by Crippen LogP contribution is 2.22. The van der Waals surface area contributed by atoms with Gasteiger partial charge in [0.25, 0.3) is 5.56 Å². The number of ether oxygens (including phenoxy) is 1. The second-order valence-electron chi connectivity index (χ2n) is 8.18. The van der Waals surface area contributed by atoms with Crippen molar-refractivity contribution in [3.63, 3.8) is 0 Å². The number of amides is 1. The van der Waals surface area contributed by atoms with Crippen LogP contribution in [0.4, 0.5) is 0 Å². The van der Waals surface area contributed by atoms with E-state index < -0.39 is 0 Å². The van der Waals surface area contributed by atoms with Gasteiger partial charge < -0.3 is 9.64 Å². The lowest BCUT2D eigenvalue weighted by molar-refractivity contribution is -0.151. The zero-order valence-electron chi connectivity index (χ0n) is 19.2. The molecule has 2 heterocycles. The zero-order valence-corrected chi connectivity index (χ0v) is 20.0. The maximum absolute atomic E-state index is 13.0. The maximum Gasteiger partial charge on any atom is 0.309 e. The molecule has 2 aromatic rings. The minimum absolute atomic E-state index is 0.00644. The highest BCUT2D eigenvalue weighted by atomic mass is 32.2. The molecule has 1 amide bonds. The zero-order chi connectivity index (χ0) is 23.3. The van der Waals surface area contributed by atoms with Crippen molar-refractivity contribution in [3.05, 3.63) is 57.0 Å². The number of piperidine rings is 1. The molecule has 8 heteroatoms. The lowest BCUT2D eigenvalue weighted by Crippen LogP contribution is -2.41. The van der Waals surface area contributed by atoms with Crippen LogP contribution in [0.2, 0.25) is 0 Å². The first-order valence-electron chi connectivity index (χ1n) is 11.0. The number of likely N-dealkylation sites (tertiary alicyclic amines) is 1. The van der Waals surface area contributed by atoms with E-state index in [4.69, 9.17) is 4.74 Å². The van der Waals surface area contributed by atoms with Crippen molar-refractivity contribution < 1.29 is 14.3 Å². The van der Waals surface area contributed by atoms with E-state index in [0.717, 1.165) is 11.1 Å². The number of benzene rings is 1. The molecule has 7 nitrogen and oxygen atoms in total. The highest BCUT2D eigenvalue weighted by molar-refractivity contribution is 7.99. The Hall–Kier alpha value is -2.61. The Bertz CT molecular complexity index is 1040. The third-order valence-corrected chi connectivity index (χ3v) is 6.82. The van der Waals surface area contributed by atoms with E-state index in [1.165, 1.54) is 16.3 Å². The second kappa shape index (κ2) is 10.8. The fourth-order valence-electron chi connectivity index (χ4n) is 3.93. The Morgan fingerprint density at radius 3 is 2.59 bits per heavy atom. The molecule has 0 radical (unpaired) electrons. The summed E-state index contributed by atoms with van der Waals surface area (Å²) in [7, 11) is 1.70. The molecule has 0 spiro atoms. The number of hydrogen-bond acceptors (Lipinski definition) is 6. The van der Waals surface area contributed by atoms with Crippen LogP contribution in [0.1, 0.15) is 42.1 Å². The molecule has 1 saturated heterocycles. The highest BCUT2D eigenvalue weighted by Gasteiger charge is 2.28. The number of esters is 1. The smallest absolute Gasteiger partial charge is 0.309 e. The van der Waals surface area contributed by atoms with Crippen LogP contribution in [-0.4, -0.2) is 51.8 Å². The summed E-state index contributed by atoms with van der Waals surface area (Å²) in [6, 6.07) is 8.11. The van der Waals surface area contributed by atoms with Gasteiger partial charge in [0.15, 0.2) is 5.16 Å². The molecule has 0 aliphatic carbocycles. The van der Waals surface area contributed by atoms with Crippen LogP contribution in [-0.2, 0) is 27.8 Å². The molecule has 1 fully saturated rings. The lowest BCUT2D eigenvalue weighted by Gasteiger charge is -2.30. The van der Waals surface area contributed by atoms with Gasteiger partial charge in [-0.2, -0.15) is 0 Å². The molecule has 172 valence electrons. The first-order valence-corrected chi connectivity index (χ1v) is 12.0. The maximum atomic E-state index is 13.0. The number of thioether (sulfide) groups is 1. The molecule has 1 aliphatic heterocycles. The van der Waals surface area contributed by atoms with Crippen LogP contribution in [0.5, 0.6) is 0 Å². The summed E-state index contributed by atoms with van der Waals surface area (Å²) in [6.45, 7) is 7.14. The van der Waals surface area contributed by atoms with Gasteiger partial charge in [0.2, 0.25) is 5.91 Å². The quantitative estimate of drug-likeness (QED) is 0.361. The summed E-state index contributed by atoms with van der Waals surface area (Å²) >= 11 is 1.28. The van der Waals surface area contributed by atoms with Gasteiger partial charge in [-0.25, -0.2) is 4.98 Å². The number of rotatable bonds is 7. The summed E-state index contributed by atoms with van der Waals surface area (Å²) in [5.41, 5.74) is 3.52. The predicted molar refractivity (Wildman–Crippen MR) is 125 cm³/mol. The Morgan fingerprint density at radius 1 is 1.22 bits per heavy atom. The summed E-state index contributed by atoms with van der Waals surface area (Å²) in [6.07, 6.45) is 1.78. The normalized spacial score (nSPS) is 14.4. The standard InChI is InChI=1S/C24H31N3O4S/c1-5-31-23(30)19-9-11-27(12-10-19)21(28)15-32-24-25-17(3)20(22(29)26(24)4)14-18-8-6-7-16(2)13-18/h6-8,13,19H,5,9-12,14-15H2,1-4H3. The molecule has 1 aromatic carbocycles. The molecule has 0 bridgehead atoms. The Morgan fingerprint density at radius 2 is 1.94 bits per heavy atom. The number of carbonyl (C=O) groups excluding carboxylic acids is 2. The third kappa shape index (κ3) is 5.79. The SMILES string of the molecule is CCOC(=O)C1CCN(C(=O)CSc2nc(C)c(Cc3cccc(C)c3)c(=O)n2C)CC1. The van der Waals surface area contributed by atoms with Crippen molar-refractivity contribution in [2.75, 3.05) is 25.4 Å². The van der Waals surface area contributed by atoms with E-state index in [1.54, 1.807) is 18.9 Å². The van der Waals surface area contributed by atoms with Crippen LogP contribution >= 0.6 is 11.8 Å². The van der Waals surface area contributed by atoms with E-state index in [2.05, 4.69) is 11.1 Å². The molecule has 1 aliphatic rings. The van der Waals surface area contributed by atoms with Gasteiger partial charge in [-0.1, -0.05) is 41.6 Å². The molecule has 32 heavy (non-hydrogen) atoms. The van der Waals surface area contributed by atoms with E-state index in [-0.39, 0.29) is 29.1 Å². The van der Waals surface area contributed by atoms with Gasteiger partial charge in [0.1, 0.15) is 0 Å². The van der Waals surface area contributed by atoms with Crippen molar-refractivity contribution in [2.45, 2.75) is 45.2 Å². The summed E-state index contributed by atoms with van der Waals surface area (Å²) < 4.78 is 6.61. The Balaban J connectivity index is 1.61. The fourth-order valence-corrected chi connectivity index (χ4v) is 4.84. The largest absolute Gasteiger partial charge is 0.466 e. The van der Waals surface area contributed by atoms with Crippen molar-refractivity contribution in [3.8, 4) is 0 Å². The predicted octanol–water partition coefficient (Wildman–Crippen LogP) is 2.88. The van der Waals surface area contributed by atoms with E-state index in [0.29, 0.717) is 55.4 Å². The monoisotopic (exact) mass is 457 g/mol. The Kier molecular flexibility index (Phi) is 8.12. The molecule has 0 unspecified atom stereocenters. The summed E-state index contributed by atoms with van der Waals surface area (Å²) in [5, 5.41) is 0.537.